The van der Waals surface area contributed by atoms with Gasteiger partial charge in [0, 0.05) is 43.2 Å². The maximum absolute atomic E-state index is 6.16. The fraction of sp³-hybridized carbons (Fsp3) is 0.538. The van der Waals surface area contributed by atoms with Crippen LogP contribution >= 0.6 is 27.5 Å². The topological polar surface area (TPSA) is 32.5 Å². The van der Waals surface area contributed by atoms with E-state index in [-0.39, 0.29) is 6.04 Å². The first-order valence-electron chi connectivity index (χ1n) is 6.19. The van der Waals surface area contributed by atoms with Gasteiger partial charge in [0.2, 0.25) is 0 Å². The van der Waals surface area contributed by atoms with Gasteiger partial charge in [-0.25, -0.2) is 0 Å². The number of rotatable bonds is 3. The molecule has 3 nitrogen and oxygen atoms in total. The normalized spacial score (nSPS) is 20.0. The molecular formula is C13H19BrClN3. The fourth-order valence-electron chi connectivity index (χ4n) is 2.35. The van der Waals surface area contributed by atoms with Gasteiger partial charge in [0.25, 0.3) is 0 Å². The van der Waals surface area contributed by atoms with Gasteiger partial charge in [0.05, 0.1) is 5.02 Å². The summed E-state index contributed by atoms with van der Waals surface area (Å²) in [7, 11) is 2.16. The van der Waals surface area contributed by atoms with Crippen molar-refractivity contribution in [2.75, 3.05) is 39.8 Å². The summed E-state index contributed by atoms with van der Waals surface area (Å²) in [6, 6.07) is 6.38. The lowest BCUT2D eigenvalue weighted by atomic mass is 10.0. The molecule has 1 atom stereocenters. The van der Waals surface area contributed by atoms with Crippen LogP contribution in [0.4, 0.5) is 0 Å². The first-order chi connectivity index (χ1) is 8.61. The van der Waals surface area contributed by atoms with E-state index in [0.29, 0.717) is 6.54 Å². The van der Waals surface area contributed by atoms with Gasteiger partial charge in [-0.15, -0.1) is 0 Å². The number of hydrogen-bond donors (Lipinski definition) is 1. The zero-order valence-corrected chi connectivity index (χ0v) is 12.9. The second kappa shape index (κ2) is 6.35. The van der Waals surface area contributed by atoms with E-state index in [2.05, 4.69) is 38.8 Å². The van der Waals surface area contributed by atoms with Crippen LogP contribution in [-0.2, 0) is 0 Å². The lowest BCUT2D eigenvalue weighted by Gasteiger charge is -2.37. The molecule has 2 rings (SSSR count). The summed E-state index contributed by atoms with van der Waals surface area (Å²) in [5, 5.41) is 0.750. The van der Waals surface area contributed by atoms with Crippen molar-refractivity contribution in [2.45, 2.75) is 6.04 Å². The third-order valence-electron chi connectivity index (χ3n) is 3.53. The van der Waals surface area contributed by atoms with E-state index in [9.17, 15) is 0 Å². The van der Waals surface area contributed by atoms with E-state index in [1.165, 1.54) is 5.56 Å². The highest BCUT2D eigenvalue weighted by atomic mass is 79.9. The number of likely N-dealkylation sites (N-methyl/N-ethyl adjacent to an activating group) is 1. The maximum atomic E-state index is 6.16. The second-order valence-corrected chi connectivity index (χ2v) is 6.03. The summed E-state index contributed by atoms with van der Waals surface area (Å²) in [6.45, 7) is 4.95. The van der Waals surface area contributed by atoms with Crippen molar-refractivity contribution in [3.63, 3.8) is 0 Å². The fourth-order valence-corrected chi connectivity index (χ4v) is 2.78. The van der Waals surface area contributed by atoms with Crippen molar-refractivity contribution in [1.82, 2.24) is 9.80 Å². The lowest BCUT2D eigenvalue weighted by Crippen LogP contribution is -2.47. The van der Waals surface area contributed by atoms with Crippen LogP contribution in [0.15, 0.2) is 22.7 Å². The molecule has 1 aliphatic heterocycles. The van der Waals surface area contributed by atoms with Crippen molar-refractivity contribution in [1.29, 1.82) is 0 Å². The minimum absolute atomic E-state index is 0.268. The molecule has 0 aromatic heterocycles. The van der Waals surface area contributed by atoms with E-state index in [0.717, 1.165) is 35.7 Å². The molecule has 5 heteroatoms. The van der Waals surface area contributed by atoms with Crippen LogP contribution in [-0.4, -0.2) is 49.6 Å². The Kier molecular flexibility index (Phi) is 5.04. The number of piperazine rings is 1. The molecule has 1 heterocycles. The number of nitrogens with zero attached hydrogens (tertiary/aromatic N) is 2. The van der Waals surface area contributed by atoms with Crippen LogP contribution in [0.3, 0.4) is 0 Å². The molecule has 0 saturated carbocycles. The van der Waals surface area contributed by atoms with E-state index < -0.39 is 0 Å². The van der Waals surface area contributed by atoms with Gasteiger partial charge in [-0.2, -0.15) is 0 Å². The Morgan fingerprint density at radius 3 is 2.56 bits per heavy atom. The lowest BCUT2D eigenvalue weighted by molar-refractivity contribution is 0.114. The van der Waals surface area contributed by atoms with Crippen molar-refractivity contribution in [2.24, 2.45) is 5.73 Å². The third-order valence-corrected chi connectivity index (χ3v) is 4.76. The van der Waals surface area contributed by atoms with Crippen LogP contribution in [0.1, 0.15) is 11.6 Å². The van der Waals surface area contributed by atoms with E-state index in [1.54, 1.807) is 0 Å². The summed E-state index contributed by atoms with van der Waals surface area (Å²) in [5.74, 6) is 0. The summed E-state index contributed by atoms with van der Waals surface area (Å²) in [6.07, 6.45) is 0. The minimum atomic E-state index is 0.268. The summed E-state index contributed by atoms with van der Waals surface area (Å²) in [5.41, 5.74) is 7.15. The third kappa shape index (κ3) is 3.25. The predicted octanol–water partition coefficient (Wildman–Crippen LogP) is 2.35. The Morgan fingerprint density at radius 1 is 1.33 bits per heavy atom. The highest BCUT2D eigenvalue weighted by Crippen LogP contribution is 2.28. The first-order valence-corrected chi connectivity index (χ1v) is 7.36. The van der Waals surface area contributed by atoms with Crippen molar-refractivity contribution in [3.8, 4) is 0 Å². The highest BCUT2D eigenvalue weighted by Gasteiger charge is 2.23. The molecule has 0 aliphatic carbocycles. The number of halogens is 2. The Balaban J connectivity index is 2.14. The van der Waals surface area contributed by atoms with Crippen molar-refractivity contribution >= 4 is 27.5 Å². The Morgan fingerprint density at radius 2 is 2.00 bits per heavy atom. The number of hydrogen-bond acceptors (Lipinski definition) is 3. The molecule has 0 radical (unpaired) electrons. The summed E-state index contributed by atoms with van der Waals surface area (Å²) < 4.78 is 0.932. The largest absolute Gasteiger partial charge is 0.329 e. The standard InChI is InChI=1S/C13H19BrClN3/c1-17-4-6-18(7-5-17)13(9-16)10-2-3-11(14)12(15)8-10/h2-3,8,13H,4-7,9,16H2,1H3. The van der Waals surface area contributed by atoms with Gasteiger partial charge in [-0.1, -0.05) is 17.7 Å². The van der Waals surface area contributed by atoms with Gasteiger partial charge in [0.15, 0.2) is 0 Å². The number of nitrogens with two attached hydrogens (primary N) is 1. The van der Waals surface area contributed by atoms with Gasteiger partial charge in [-0.3, -0.25) is 4.90 Å². The van der Waals surface area contributed by atoms with Crippen molar-refractivity contribution in [3.05, 3.63) is 33.3 Å². The van der Waals surface area contributed by atoms with Crippen LogP contribution in [0, 0.1) is 0 Å². The zero-order chi connectivity index (χ0) is 13.1. The van der Waals surface area contributed by atoms with E-state index >= 15 is 0 Å². The smallest absolute Gasteiger partial charge is 0.0551 e. The average Bonchev–Trinajstić information content (AvgIpc) is 2.37. The van der Waals surface area contributed by atoms with Crippen LogP contribution in [0.5, 0.6) is 0 Å². The Labute approximate surface area is 122 Å². The molecule has 0 bridgehead atoms. The molecule has 0 amide bonds. The molecule has 1 aliphatic rings. The highest BCUT2D eigenvalue weighted by molar-refractivity contribution is 9.10. The number of benzene rings is 1. The molecule has 0 spiro atoms. The van der Waals surface area contributed by atoms with Crippen LogP contribution < -0.4 is 5.73 Å². The van der Waals surface area contributed by atoms with Gasteiger partial charge >= 0.3 is 0 Å². The van der Waals surface area contributed by atoms with Gasteiger partial charge in [-0.05, 0) is 40.7 Å². The SMILES string of the molecule is CN1CCN(C(CN)c2ccc(Br)c(Cl)c2)CC1. The minimum Gasteiger partial charge on any atom is -0.329 e. The maximum Gasteiger partial charge on any atom is 0.0551 e. The molecule has 1 fully saturated rings. The molecule has 1 saturated heterocycles. The van der Waals surface area contributed by atoms with E-state index in [4.69, 9.17) is 17.3 Å². The zero-order valence-electron chi connectivity index (χ0n) is 10.6. The Bertz CT molecular complexity index is 405. The molecule has 1 aromatic carbocycles. The molecule has 1 aromatic rings. The molecule has 1 unspecified atom stereocenters. The molecule has 100 valence electrons. The summed E-state index contributed by atoms with van der Waals surface area (Å²) >= 11 is 9.58. The Hall–Kier alpha value is -0.130. The second-order valence-electron chi connectivity index (χ2n) is 4.76. The van der Waals surface area contributed by atoms with Crippen molar-refractivity contribution < 1.29 is 0 Å². The summed E-state index contributed by atoms with van der Waals surface area (Å²) in [4.78, 5) is 4.79. The van der Waals surface area contributed by atoms with Gasteiger partial charge in [0.1, 0.15) is 0 Å². The molecule has 2 N–H and O–H groups in total. The predicted molar refractivity (Wildman–Crippen MR) is 80.0 cm³/mol. The quantitative estimate of drug-likeness (QED) is 0.922. The molecule has 18 heavy (non-hydrogen) atoms. The van der Waals surface area contributed by atoms with Crippen LogP contribution in [0.25, 0.3) is 0 Å². The van der Waals surface area contributed by atoms with E-state index in [1.807, 2.05) is 12.1 Å². The monoisotopic (exact) mass is 331 g/mol. The van der Waals surface area contributed by atoms with Gasteiger partial charge < -0.3 is 10.6 Å². The average molecular weight is 333 g/mol. The molecular weight excluding hydrogens is 314 g/mol. The van der Waals surface area contributed by atoms with Crippen LogP contribution in [0.2, 0.25) is 5.02 Å². The first kappa shape index (κ1) is 14.3.